The molecule has 0 spiro atoms. The monoisotopic (exact) mass is 515 g/mol. The number of pyridine rings is 1. The van der Waals surface area contributed by atoms with Crippen molar-refractivity contribution in [2.24, 2.45) is 18.9 Å². The SMILES string of the molecule is C=CC(=O)Nc1ccc(Oc2c(C)cccc2C)c(-c2cc(C[C@H](C(=O)NCC)C(C)C)c(=O)n(C)c2)c1. The number of carbonyl (C=O) groups excluding carboxylic acids is 2. The van der Waals surface area contributed by atoms with Crippen LogP contribution in [0.25, 0.3) is 11.1 Å². The van der Waals surface area contributed by atoms with Crippen LogP contribution < -0.4 is 20.9 Å². The average molecular weight is 516 g/mol. The quantitative estimate of drug-likeness (QED) is 0.347. The van der Waals surface area contributed by atoms with E-state index in [1.54, 1.807) is 25.4 Å². The lowest BCUT2D eigenvalue weighted by Gasteiger charge is -2.21. The molecule has 1 aromatic heterocycles. The summed E-state index contributed by atoms with van der Waals surface area (Å²) in [6.07, 6.45) is 3.26. The van der Waals surface area contributed by atoms with Crippen molar-refractivity contribution in [3.8, 4) is 22.6 Å². The van der Waals surface area contributed by atoms with Crippen molar-refractivity contribution < 1.29 is 14.3 Å². The predicted molar refractivity (Wildman–Crippen MR) is 153 cm³/mol. The fourth-order valence-corrected chi connectivity index (χ4v) is 4.43. The summed E-state index contributed by atoms with van der Waals surface area (Å²) in [6.45, 7) is 13.9. The van der Waals surface area contributed by atoms with Crippen molar-refractivity contribution >= 4 is 17.5 Å². The van der Waals surface area contributed by atoms with Gasteiger partial charge in [-0.25, -0.2) is 0 Å². The Bertz CT molecular complexity index is 1380. The van der Waals surface area contributed by atoms with Gasteiger partial charge in [-0.3, -0.25) is 14.4 Å². The van der Waals surface area contributed by atoms with Crippen LogP contribution in [0.15, 0.2) is 66.1 Å². The van der Waals surface area contributed by atoms with Gasteiger partial charge in [0, 0.05) is 48.1 Å². The van der Waals surface area contributed by atoms with Gasteiger partial charge in [0.25, 0.3) is 5.56 Å². The maximum Gasteiger partial charge on any atom is 0.253 e. The Balaban J connectivity index is 2.16. The fourth-order valence-electron chi connectivity index (χ4n) is 4.43. The summed E-state index contributed by atoms with van der Waals surface area (Å²) in [6, 6.07) is 13.2. The lowest BCUT2D eigenvalue weighted by molar-refractivity contribution is -0.126. The summed E-state index contributed by atoms with van der Waals surface area (Å²) < 4.78 is 7.95. The highest BCUT2D eigenvalue weighted by atomic mass is 16.5. The highest BCUT2D eigenvalue weighted by Crippen LogP contribution is 2.38. The van der Waals surface area contributed by atoms with Gasteiger partial charge in [-0.2, -0.15) is 0 Å². The second kappa shape index (κ2) is 12.4. The van der Waals surface area contributed by atoms with E-state index in [4.69, 9.17) is 4.74 Å². The number of nitrogens with zero attached hydrogens (tertiary/aromatic N) is 1. The number of hydrogen-bond acceptors (Lipinski definition) is 4. The Morgan fingerprint density at radius 2 is 1.79 bits per heavy atom. The molecule has 0 aliphatic heterocycles. The highest BCUT2D eigenvalue weighted by Gasteiger charge is 2.24. The minimum absolute atomic E-state index is 0.0512. The molecule has 2 aromatic carbocycles. The van der Waals surface area contributed by atoms with Gasteiger partial charge >= 0.3 is 0 Å². The third-order valence-corrected chi connectivity index (χ3v) is 6.55. The van der Waals surface area contributed by atoms with Crippen LogP contribution in [0, 0.1) is 25.7 Å². The van der Waals surface area contributed by atoms with Gasteiger partial charge in [0.05, 0.1) is 0 Å². The van der Waals surface area contributed by atoms with Gasteiger partial charge in [-0.1, -0.05) is 38.6 Å². The van der Waals surface area contributed by atoms with E-state index in [1.165, 1.54) is 10.6 Å². The molecule has 200 valence electrons. The van der Waals surface area contributed by atoms with Crippen LogP contribution in [0.2, 0.25) is 0 Å². The molecule has 1 atom stereocenters. The highest BCUT2D eigenvalue weighted by molar-refractivity contribution is 5.99. The maximum absolute atomic E-state index is 13.1. The van der Waals surface area contributed by atoms with Gasteiger partial charge < -0.3 is 19.9 Å². The maximum atomic E-state index is 13.1. The lowest BCUT2D eigenvalue weighted by Crippen LogP contribution is -2.36. The first-order chi connectivity index (χ1) is 18.0. The van der Waals surface area contributed by atoms with Crippen molar-refractivity contribution in [2.45, 2.75) is 41.0 Å². The summed E-state index contributed by atoms with van der Waals surface area (Å²) in [5, 5.41) is 5.69. The molecule has 0 aliphatic carbocycles. The van der Waals surface area contributed by atoms with E-state index in [2.05, 4.69) is 17.2 Å². The molecular weight excluding hydrogens is 478 g/mol. The molecule has 1 heterocycles. The van der Waals surface area contributed by atoms with Crippen molar-refractivity contribution in [1.82, 2.24) is 9.88 Å². The number of para-hydroxylation sites is 1. The number of hydrogen-bond donors (Lipinski definition) is 2. The number of benzene rings is 2. The van der Waals surface area contributed by atoms with Crippen LogP contribution >= 0.6 is 0 Å². The number of aryl methyl sites for hydroxylation is 3. The Morgan fingerprint density at radius 3 is 2.39 bits per heavy atom. The van der Waals surface area contributed by atoms with Gasteiger partial charge in [0.1, 0.15) is 11.5 Å². The molecule has 0 saturated carbocycles. The number of carbonyl (C=O) groups is 2. The van der Waals surface area contributed by atoms with E-state index in [-0.39, 0.29) is 29.2 Å². The average Bonchev–Trinajstić information content (AvgIpc) is 2.87. The molecule has 0 radical (unpaired) electrons. The molecule has 2 amide bonds. The Kier molecular flexibility index (Phi) is 9.29. The van der Waals surface area contributed by atoms with Crippen LogP contribution in [0.3, 0.4) is 0 Å². The third kappa shape index (κ3) is 6.59. The molecule has 0 bridgehead atoms. The first-order valence-electron chi connectivity index (χ1n) is 12.8. The number of amides is 2. The number of anilines is 1. The minimum atomic E-state index is -0.346. The lowest BCUT2D eigenvalue weighted by atomic mass is 9.88. The second-order valence-electron chi connectivity index (χ2n) is 9.85. The molecule has 0 fully saturated rings. The Morgan fingerprint density at radius 1 is 1.11 bits per heavy atom. The summed E-state index contributed by atoms with van der Waals surface area (Å²) in [7, 11) is 1.70. The minimum Gasteiger partial charge on any atom is -0.456 e. The zero-order valence-electron chi connectivity index (χ0n) is 23.1. The summed E-state index contributed by atoms with van der Waals surface area (Å²) in [4.78, 5) is 37.9. The van der Waals surface area contributed by atoms with Crippen molar-refractivity contribution in [1.29, 1.82) is 0 Å². The fraction of sp³-hybridized carbons (Fsp3) is 0.323. The van der Waals surface area contributed by atoms with E-state index in [1.807, 2.05) is 65.0 Å². The van der Waals surface area contributed by atoms with Crippen LogP contribution in [0.4, 0.5) is 5.69 Å². The topological polar surface area (TPSA) is 89.4 Å². The molecular formula is C31H37N3O4. The van der Waals surface area contributed by atoms with E-state index < -0.39 is 0 Å². The molecule has 0 saturated heterocycles. The molecule has 7 nitrogen and oxygen atoms in total. The molecule has 38 heavy (non-hydrogen) atoms. The standard InChI is InChI=1S/C31H37N3O4/c1-8-28(35)33-24-13-14-27(38-29-20(5)11-10-12-21(29)6)26(17-24)23-15-22(31(37)34(7)18-23)16-25(19(3)4)30(36)32-9-2/h8,10-15,17-19,25H,1,9,16H2,2-7H3,(H,32,36)(H,33,35)/t25-/m0/s1. The van der Waals surface area contributed by atoms with Crippen LogP contribution in [0.5, 0.6) is 11.5 Å². The van der Waals surface area contributed by atoms with Gasteiger partial charge in [0.2, 0.25) is 11.8 Å². The van der Waals surface area contributed by atoms with E-state index in [9.17, 15) is 14.4 Å². The van der Waals surface area contributed by atoms with Crippen molar-refractivity contribution in [3.05, 3.63) is 88.4 Å². The zero-order valence-corrected chi connectivity index (χ0v) is 23.1. The van der Waals surface area contributed by atoms with Crippen LogP contribution in [-0.4, -0.2) is 22.9 Å². The second-order valence-corrected chi connectivity index (χ2v) is 9.85. The van der Waals surface area contributed by atoms with E-state index in [0.717, 1.165) is 22.4 Å². The number of nitrogens with one attached hydrogen (secondary N) is 2. The third-order valence-electron chi connectivity index (χ3n) is 6.55. The van der Waals surface area contributed by atoms with E-state index >= 15 is 0 Å². The smallest absolute Gasteiger partial charge is 0.253 e. The zero-order chi connectivity index (χ0) is 28.0. The summed E-state index contributed by atoms with van der Waals surface area (Å²) in [5.41, 5.74) is 4.36. The molecule has 3 rings (SSSR count). The normalized spacial score (nSPS) is 11.7. The van der Waals surface area contributed by atoms with Gasteiger partial charge in [0.15, 0.2) is 0 Å². The molecule has 3 aromatic rings. The Hall–Kier alpha value is -4.13. The van der Waals surface area contributed by atoms with Crippen molar-refractivity contribution in [2.75, 3.05) is 11.9 Å². The summed E-state index contributed by atoms with van der Waals surface area (Å²) in [5.74, 6) is 0.632. The van der Waals surface area contributed by atoms with Crippen molar-refractivity contribution in [3.63, 3.8) is 0 Å². The first kappa shape index (κ1) is 28.4. The molecule has 2 N–H and O–H groups in total. The number of ether oxygens (including phenoxy) is 1. The Labute approximate surface area is 224 Å². The molecule has 0 unspecified atom stereocenters. The van der Waals surface area contributed by atoms with Crippen LogP contribution in [-0.2, 0) is 23.1 Å². The largest absolute Gasteiger partial charge is 0.456 e. The van der Waals surface area contributed by atoms with Gasteiger partial charge in [-0.05, 0) is 74.6 Å². The van der Waals surface area contributed by atoms with Crippen LogP contribution in [0.1, 0.15) is 37.5 Å². The molecule has 0 aliphatic rings. The summed E-state index contributed by atoms with van der Waals surface area (Å²) >= 11 is 0. The number of aromatic nitrogens is 1. The molecule has 7 heteroatoms. The first-order valence-corrected chi connectivity index (χ1v) is 12.8. The predicted octanol–water partition coefficient (Wildman–Crippen LogP) is 5.54. The van der Waals surface area contributed by atoms with E-state index in [0.29, 0.717) is 35.5 Å². The number of rotatable bonds is 10. The van der Waals surface area contributed by atoms with Gasteiger partial charge in [-0.15, -0.1) is 0 Å².